The molecule has 4 nitrogen and oxygen atoms in total. The highest BCUT2D eigenvalue weighted by molar-refractivity contribution is 5.87. The van der Waals surface area contributed by atoms with Crippen LogP contribution in [0, 0.1) is 0 Å². The maximum Gasteiger partial charge on any atom is 0.293 e. The van der Waals surface area contributed by atoms with Gasteiger partial charge in [0.25, 0.3) is 6.01 Å². The Morgan fingerprint density at radius 2 is 1.87 bits per heavy atom. The summed E-state index contributed by atoms with van der Waals surface area (Å²) in [5.74, 6) is 0. The van der Waals surface area contributed by atoms with Crippen molar-refractivity contribution >= 4 is 22.8 Å². The molecule has 0 aliphatic rings. The normalized spacial score (nSPS) is 12.2. The van der Waals surface area contributed by atoms with E-state index >= 15 is 0 Å². The Hall–Kier alpha value is -1.71. The lowest BCUT2D eigenvalue weighted by Gasteiger charge is -2.19. The summed E-state index contributed by atoms with van der Waals surface area (Å²) in [5.41, 5.74) is 14.4. The molecule has 0 radical (unpaired) electrons. The minimum Gasteiger partial charge on any atom is -0.421 e. The number of rotatable bonds is 0. The summed E-state index contributed by atoms with van der Waals surface area (Å²) in [6.45, 7) is 6.37. The van der Waals surface area contributed by atoms with Crippen molar-refractivity contribution in [3.8, 4) is 0 Å². The van der Waals surface area contributed by atoms with Crippen molar-refractivity contribution in [3.63, 3.8) is 0 Å². The van der Waals surface area contributed by atoms with E-state index in [9.17, 15) is 0 Å². The van der Waals surface area contributed by atoms with Crippen molar-refractivity contribution in [3.05, 3.63) is 17.7 Å². The molecule has 4 N–H and O–H groups in total. The topological polar surface area (TPSA) is 78.1 Å². The van der Waals surface area contributed by atoms with Crippen molar-refractivity contribution in [1.82, 2.24) is 4.98 Å². The number of aromatic nitrogens is 1. The van der Waals surface area contributed by atoms with Gasteiger partial charge in [0.1, 0.15) is 5.52 Å². The molecule has 2 aromatic rings. The molecular weight excluding hydrogens is 190 g/mol. The SMILES string of the molecule is CC(C)(C)c1cc(N)c2oc(N)nc2c1. The van der Waals surface area contributed by atoms with Gasteiger partial charge in [-0.1, -0.05) is 20.8 Å². The largest absolute Gasteiger partial charge is 0.421 e. The van der Waals surface area contributed by atoms with Gasteiger partial charge in [-0.15, -0.1) is 0 Å². The minimum atomic E-state index is 0.0377. The summed E-state index contributed by atoms with van der Waals surface area (Å²) in [6, 6.07) is 4.03. The first kappa shape index (κ1) is 9.83. The number of oxazole rings is 1. The lowest BCUT2D eigenvalue weighted by Crippen LogP contribution is -2.11. The van der Waals surface area contributed by atoms with E-state index in [0.717, 1.165) is 11.1 Å². The van der Waals surface area contributed by atoms with Gasteiger partial charge in [-0.3, -0.25) is 0 Å². The second-order valence-electron chi connectivity index (χ2n) is 4.72. The molecule has 80 valence electrons. The van der Waals surface area contributed by atoms with Crippen LogP contribution in [-0.4, -0.2) is 4.98 Å². The van der Waals surface area contributed by atoms with Gasteiger partial charge in [-0.05, 0) is 23.1 Å². The molecule has 0 amide bonds. The zero-order valence-corrected chi connectivity index (χ0v) is 9.16. The van der Waals surface area contributed by atoms with E-state index < -0.39 is 0 Å². The summed E-state index contributed by atoms with van der Waals surface area (Å²) in [5, 5.41) is 0. The van der Waals surface area contributed by atoms with Crippen LogP contribution in [0.15, 0.2) is 16.5 Å². The summed E-state index contributed by atoms with van der Waals surface area (Å²) in [6.07, 6.45) is 0. The molecule has 0 spiro atoms. The first-order valence-corrected chi connectivity index (χ1v) is 4.84. The first-order valence-electron chi connectivity index (χ1n) is 4.84. The average molecular weight is 205 g/mol. The van der Waals surface area contributed by atoms with Crippen molar-refractivity contribution in [2.45, 2.75) is 26.2 Å². The number of hydrogen-bond donors (Lipinski definition) is 2. The lowest BCUT2D eigenvalue weighted by molar-refractivity contribution is 0.590. The quantitative estimate of drug-likeness (QED) is 0.647. The zero-order valence-electron chi connectivity index (χ0n) is 9.16. The average Bonchev–Trinajstić information content (AvgIpc) is 2.44. The molecule has 0 bridgehead atoms. The molecule has 0 aliphatic carbocycles. The Morgan fingerprint density at radius 3 is 2.47 bits per heavy atom. The van der Waals surface area contributed by atoms with Gasteiger partial charge < -0.3 is 15.9 Å². The predicted molar refractivity (Wildman–Crippen MR) is 61.5 cm³/mol. The standard InChI is InChI=1S/C11H15N3O/c1-11(2,3)6-4-7(12)9-8(5-6)14-10(13)15-9/h4-5H,12H2,1-3H3,(H2,13,14). The van der Waals surface area contributed by atoms with Gasteiger partial charge in [0.15, 0.2) is 5.58 Å². The van der Waals surface area contributed by atoms with Crippen LogP contribution in [0.3, 0.4) is 0 Å². The van der Waals surface area contributed by atoms with Crippen LogP contribution in [0.2, 0.25) is 0 Å². The number of hydrogen-bond acceptors (Lipinski definition) is 4. The van der Waals surface area contributed by atoms with Gasteiger partial charge in [0, 0.05) is 0 Å². The summed E-state index contributed by atoms with van der Waals surface area (Å²) < 4.78 is 5.21. The molecule has 1 aromatic heterocycles. The Morgan fingerprint density at radius 1 is 1.20 bits per heavy atom. The van der Waals surface area contributed by atoms with Gasteiger partial charge in [-0.2, -0.15) is 4.98 Å². The molecule has 0 aliphatic heterocycles. The molecule has 1 heterocycles. The van der Waals surface area contributed by atoms with Crippen LogP contribution >= 0.6 is 0 Å². The Labute approximate surface area is 88.3 Å². The molecule has 0 atom stereocenters. The van der Waals surface area contributed by atoms with Crippen LogP contribution < -0.4 is 11.5 Å². The Bertz CT molecular complexity index is 508. The second-order valence-corrected chi connectivity index (χ2v) is 4.72. The number of benzene rings is 1. The number of nitrogen functional groups attached to an aromatic ring is 2. The van der Waals surface area contributed by atoms with Gasteiger partial charge >= 0.3 is 0 Å². The molecule has 1 aromatic carbocycles. The second kappa shape index (κ2) is 2.89. The van der Waals surface area contributed by atoms with E-state index in [1.165, 1.54) is 0 Å². The fourth-order valence-corrected chi connectivity index (χ4v) is 1.51. The highest BCUT2D eigenvalue weighted by Crippen LogP contribution is 2.30. The molecular formula is C11H15N3O. The lowest BCUT2D eigenvalue weighted by atomic mass is 9.86. The molecule has 0 saturated carbocycles. The van der Waals surface area contributed by atoms with Crippen molar-refractivity contribution in [1.29, 1.82) is 0 Å². The smallest absolute Gasteiger partial charge is 0.293 e. The molecule has 4 heteroatoms. The van der Waals surface area contributed by atoms with Crippen LogP contribution in [0.25, 0.3) is 11.1 Å². The zero-order chi connectivity index (χ0) is 11.2. The molecule has 0 fully saturated rings. The minimum absolute atomic E-state index is 0.0377. The third kappa shape index (κ3) is 1.63. The maximum atomic E-state index is 5.88. The van der Waals surface area contributed by atoms with Gasteiger partial charge in [0.2, 0.25) is 0 Å². The van der Waals surface area contributed by atoms with E-state index in [2.05, 4.69) is 25.8 Å². The summed E-state index contributed by atoms with van der Waals surface area (Å²) >= 11 is 0. The van der Waals surface area contributed by atoms with E-state index in [4.69, 9.17) is 15.9 Å². The first-order chi connectivity index (χ1) is 6.88. The molecule has 15 heavy (non-hydrogen) atoms. The third-order valence-electron chi connectivity index (χ3n) is 2.40. The third-order valence-corrected chi connectivity index (χ3v) is 2.40. The molecule has 0 unspecified atom stereocenters. The van der Waals surface area contributed by atoms with E-state index in [1.807, 2.05) is 12.1 Å². The van der Waals surface area contributed by atoms with Crippen LogP contribution in [0.4, 0.5) is 11.7 Å². The van der Waals surface area contributed by atoms with Crippen molar-refractivity contribution in [2.24, 2.45) is 0 Å². The molecule has 0 saturated heterocycles. The Balaban J connectivity index is 2.72. The van der Waals surface area contributed by atoms with Gasteiger partial charge in [-0.25, -0.2) is 0 Å². The van der Waals surface area contributed by atoms with Crippen LogP contribution in [0.1, 0.15) is 26.3 Å². The number of nitrogens with two attached hydrogens (primary N) is 2. The van der Waals surface area contributed by atoms with Gasteiger partial charge in [0.05, 0.1) is 5.69 Å². The van der Waals surface area contributed by atoms with E-state index in [-0.39, 0.29) is 11.4 Å². The van der Waals surface area contributed by atoms with Crippen LogP contribution in [-0.2, 0) is 5.41 Å². The monoisotopic (exact) mass is 205 g/mol. The Kier molecular flexibility index (Phi) is 1.89. The number of fused-ring (bicyclic) bond motifs is 1. The summed E-state index contributed by atoms with van der Waals surface area (Å²) in [4.78, 5) is 4.08. The van der Waals surface area contributed by atoms with Crippen molar-refractivity contribution in [2.75, 3.05) is 11.5 Å². The van der Waals surface area contributed by atoms with E-state index in [1.54, 1.807) is 0 Å². The summed E-state index contributed by atoms with van der Waals surface area (Å²) in [7, 11) is 0. The van der Waals surface area contributed by atoms with Crippen LogP contribution in [0.5, 0.6) is 0 Å². The van der Waals surface area contributed by atoms with Crippen molar-refractivity contribution < 1.29 is 4.42 Å². The highest BCUT2D eigenvalue weighted by atomic mass is 16.4. The fourth-order valence-electron chi connectivity index (χ4n) is 1.51. The number of anilines is 2. The maximum absolute atomic E-state index is 5.88. The predicted octanol–water partition coefficient (Wildman–Crippen LogP) is 2.29. The number of nitrogens with zero attached hydrogens (tertiary/aromatic N) is 1. The molecule has 2 rings (SSSR count). The highest BCUT2D eigenvalue weighted by Gasteiger charge is 2.17. The fraction of sp³-hybridized carbons (Fsp3) is 0.364. The van der Waals surface area contributed by atoms with E-state index in [0.29, 0.717) is 11.3 Å².